The van der Waals surface area contributed by atoms with Crippen molar-refractivity contribution in [3.63, 3.8) is 0 Å². The van der Waals surface area contributed by atoms with E-state index in [0.29, 0.717) is 39.4 Å². The van der Waals surface area contributed by atoms with Gasteiger partial charge in [-0.25, -0.2) is 9.78 Å². The molecule has 2 aromatic heterocycles. The smallest absolute Gasteiger partial charge is 0.321 e. The van der Waals surface area contributed by atoms with Crippen LogP contribution in [0.15, 0.2) is 45.7 Å². The van der Waals surface area contributed by atoms with Crippen molar-refractivity contribution < 1.29 is 9.59 Å². The van der Waals surface area contributed by atoms with Crippen LogP contribution in [0, 0.1) is 5.92 Å². The number of carbonyl (C=O) groups is 2. The summed E-state index contributed by atoms with van der Waals surface area (Å²) in [6.07, 6.45) is 3.05. The number of rotatable bonds is 8. The van der Waals surface area contributed by atoms with E-state index in [9.17, 15) is 14.4 Å². The van der Waals surface area contributed by atoms with E-state index in [4.69, 9.17) is 4.98 Å². The van der Waals surface area contributed by atoms with Gasteiger partial charge in [0.25, 0.3) is 5.56 Å². The Hall–Kier alpha value is -2.65. The van der Waals surface area contributed by atoms with Gasteiger partial charge in [-0.1, -0.05) is 43.8 Å². The third-order valence-corrected chi connectivity index (χ3v) is 7.06. The second-order valence-electron chi connectivity index (χ2n) is 8.29. The summed E-state index contributed by atoms with van der Waals surface area (Å²) in [5.41, 5.74) is 1.67. The first-order chi connectivity index (χ1) is 15.4. The van der Waals surface area contributed by atoms with Gasteiger partial charge in [-0.3, -0.25) is 19.5 Å². The van der Waals surface area contributed by atoms with Crippen molar-refractivity contribution in [2.45, 2.75) is 44.2 Å². The van der Waals surface area contributed by atoms with Crippen molar-refractivity contribution in [1.82, 2.24) is 20.2 Å². The molecule has 32 heavy (non-hydrogen) atoms. The Labute approximate surface area is 194 Å². The highest BCUT2D eigenvalue weighted by atomic mass is 32.2. The van der Waals surface area contributed by atoms with E-state index < -0.39 is 11.9 Å². The third kappa shape index (κ3) is 5.21. The number of fused-ring (bicyclic) bond motifs is 1. The number of thiophene rings is 1. The fourth-order valence-electron chi connectivity index (χ4n) is 3.40. The minimum atomic E-state index is -0.507. The van der Waals surface area contributed by atoms with Crippen LogP contribution in [0.2, 0.25) is 0 Å². The average molecular weight is 471 g/mol. The molecule has 2 heterocycles. The summed E-state index contributed by atoms with van der Waals surface area (Å²) in [4.78, 5) is 43.2. The maximum atomic E-state index is 13.5. The number of aromatic nitrogens is 2. The van der Waals surface area contributed by atoms with E-state index >= 15 is 0 Å². The highest BCUT2D eigenvalue weighted by Crippen LogP contribution is 2.44. The van der Waals surface area contributed by atoms with Crippen LogP contribution in [0.3, 0.4) is 0 Å². The molecule has 3 amide bonds. The Morgan fingerprint density at radius 2 is 2.00 bits per heavy atom. The average Bonchev–Trinajstić information content (AvgIpc) is 3.51. The maximum absolute atomic E-state index is 13.5. The van der Waals surface area contributed by atoms with Gasteiger partial charge in [0.2, 0.25) is 5.91 Å². The fraction of sp³-hybridized carbons (Fsp3) is 0.391. The number of carbonyl (C=O) groups excluding carboxylic acids is 2. The Balaban J connectivity index is 1.55. The minimum Gasteiger partial charge on any atom is -0.338 e. The predicted octanol–water partition coefficient (Wildman–Crippen LogP) is 4.29. The molecule has 1 saturated carbocycles. The molecular formula is C23H26N4O3S2. The van der Waals surface area contributed by atoms with E-state index in [1.165, 1.54) is 11.3 Å². The summed E-state index contributed by atoms with van der Waals surface area (Å²) in [5, 5.41) is 8.18. The molecule has 4 rings (SSSR count). The Morgan fingerprint density at radius 3 is 2.69 bits per heavy atom. The molecule has 9 heteroatoms. The van der Waals surface area contributed by atoms with Gasteiger partial charge in [0, 0.05) is 6.54 Å². The first-order valence-corrected chi connectivity index (χ1v) is 12.6. The first-order valence-electron chi connectivity index (χ1n) is 10.7. The van der Waals surface area contributed by atoms with Crippen molar-refractivity contribution in [2.24, 2.45) is 5.92 Å². The topological polar surface area (TPSA) is 93.1 Å². The number of para-hydroxylation sites is 1. The normalized spacial score (nSPS) is 13.5. The Morgan fingerprint density at radius 1 is 1.25 bits per heavy atom. The van der Waals surface area contributed by atoms with Crippen LogP contribution in [-0.2, 0) is 4.79 Å². The molecule has 0 unspecified atom stereocenters. The number of amides is 3. The number of hydrogen-bond acceptors (Lipinski definition) is 6. The molecule has 168 valence electrons. The number of thioether (sulfide) groups is 1. The van der Waals surface area contributed by atoms with Crippen LogP contribution in [0.4, 0.5) is 4.79 Å². The van der Waals surface area contributed by atoms with Crippen molar-refractivity contribution in [1.29, 1.82) is 0 Å². The zero-order valence-corrected chi connectivity index (χ0v) is 19.7. The Kier molecular flexibility index (Phi) is 6.95. The maximum Gasteiger partial charge on any atom is 0.321 e. The minimum absolute atomic E-state index is 0.0246. The molecule has 0 saturated heterocycles. The summed E-state index contributed by atoms with van der Waals surface area (Å²) < 4.78 is 1.57. The van der Waals surface area contributed by atoms with Crippen molar-refractivity contribution in [2.75, 3.05) is 12.3 Å². The molecule has 0 bridgehead atoms. The summed E-state index contributed by atoms with van der Waals surface area (Å²) in [6, 6.07) is 8.81. The molecule has 2 N–H and O–H groups in total. The highest BCUT2D eigenvalue weighted by molar-refractivity contribution is 7.99. The number of nitrogens with zero attached hydrogens (tertiary/aromatic N) is 2. The van der Waals surface area contributed by atoms with E-state index in [2.05, 4.69) is 24.5 Å². The van der Waals surface area contributed by atoms with E-state index in [1.807, 2.05) is 35.7 Å². The summed E-state index contributed by atoms with van der Waals surface area (Å²) in [6.45, 7) is 4.65. The SMILES string of the molecule is CC(C)CCNC(=O)NC(=O)CSc1nc2scc(C3CC3)c2c(=O)n1-c1ccccc1. The predicted molar refractivity (Wildman–Crippen MR) is 129 cm³/mol. The van der Waals surface area contributed by atoms with Crippen LogP contribution in [0.5, 0.6) is 0 Å². The zero-order valence-electron chi connectivity index (χ0n) is 18.1. The number of imide groups is 1. The second-order valence-corrected chi connectivity index (χ2v) is 10.1. The van der Waals surface area contributed by atoms with E-state index in [0.717, 1.165) is 36.6 Å². The summed E-state index contributed by atoms with van der Waals surface area (Å²) >= 11 is 2.62. The van der Waals surface area contributed by atoms with Crippen molar-refractivity contribution in [3.05, 3.63) is 51.6 Å². The van der Waals surface area contributed by atoms with Gasteiger partial charge in [0.15, 0.2) is 5.16 Å². The lowest BCUT2D eigenvalue weighted by Gasteiger charge is -2.12. The lowest BCUT2D eigenvalue weighted by Crippen LogP contribution is -2.41. The quantitative estimate of drug-likeness (QED) is 0.378. The monoisotopic (exact) mass is 470 g/mol. The summed E-state index contributed by atoms with van der Waals surface area (Å²) in [7, 11) is 0. The van der Waals surface area contributed by atoms with Gasteiger partial charge in [-0.2, -0.15) is 0 Å². The number of urea groups is 1. The molecule has 1 aliphatic rings. The van der Waals surface area contributed by atoms with E-state index in [1.54, 1.807) is 4.57 Å². The zero-order chi connectivity index (χ0) is 22.7. The fourth-order valence-corrected chi connectivity index (χ4v) is 5.28. The largest absolute Gasteiger partial charge is 0.338 e. The van der Waals surface area contributed by atoms with Gasteiger partial charge in [-0.15, -0.1) is 11.3 Å². The van der Waals surface area contributed by atoms with Crippen LogP contribution >= 0.6 is 23.1 Å². The van der Waals surface area contributed by atoms with Crippen molar-refractivity contribution in [3.8, 4) is 5.69 Å². The number of benzene rings is 1. The van der Waals surface area contributed by atoms with Crippen LogP contribution < -0.4 is 16.2 Å². The highest BCUT2D eigenvalue weighted by Gasteiger charge is 2.29. The van der Waals surface area contributed by atoms with Crippen LogP contribution in [0.25, 0.3) is 15.9 Å². The van der Waals surface area contributed by atoms with Crippen LogP contribution in [0.1, 0.15) is 44.6 Å². The molecule has 3 aromatic rings. The number of nitrogens with one attached hydrogen (secondary N) is 2. The second kappa shape index (κ2) is 9.87. The van der Waals surface area contributed by atoms with Crippen molar-refractivity contribution >= 4 is 45.3 Å². The van der Waals surface area contributed by atoms with Gasteiger partial charge in [-0.05, 0) is 54.2 Å². The van der Waals surface area contributed by atoms with Gasteiger partial charge >= 0.3 is 6.03 Å². The molecular weight excluding hydrogens is 444 g/mol. The van der Waals surface area contributed by atoms with Gasteiger partial charge in [0.05, 0.1) is 16.8 Å². The number of hydrogen-bond donors (Lipinski definition) is 2. The van der Waals surface area contributed by atoms with E-state index in [-0.39, 0.29) is 11.3 Å². The molecule has 0 radical (unpaired) electrons. The molecule has 1 aliphatic carbocycles. The Bertz CT molecular complexity index is 1180. The molecule has 1 fully saturated rings. The van der Waals surface area contributed by atoms with Gasteiger partial charge < -0.3 is 5.32 Å². The third-order valence-electron chi connectivity index (χ3n) is 5.23. The standard InChI is InChI=1S/C23H26N4O3S2/c1-14(2)10-11-24-22(30)25-18(28)13-32-23-26-20-19(17(12-31-20)15-8-9-15)21(29)27(23)16-6-4-3-5-7-16/h3-7,12,14-15H,8-11,13H2,1-2H3,(H2,24,25,28,30). The summed E-state index contributed by atoms with van der Waals surface area (Å²) in [5.74, 6) is 0.454. The molecule has 0 aliphatic heterocycles. The first kappa shape index (κ1) is 22.5. The van der Waals surface area contributed by atoms with Crippen LogP contribution in [-0.4, -0.2) is 33.8 Å². The molecule has 0 spiro atoms. The lowest BCUT2D eigenvalue weighted by atomic mass is 10.1. The molecule has 7 nitrogen and oxygen atoms in total. The molecule has 0 atom stereocenters. The molecule has 1 aromatic carbocycles. The van der Waals surface area contributed by atoms with Gasteiger partial charge in [0.1, 0.15) is 4.83 Å². The lowest BCUT2D eigenvalue weighted by molar-refractivity contribution is -0.117.